The molecule has 40 heavy (non-hydrogen) atoms. The van der Waals surface area contributed by atoms with Crippen molar-refractivity contribution in [2.24, 2.45) is 11.8 Å². The molecular weight excluding hydrogens is 518 g/mol. The van der Waals surface area contributed by atoms with Crippen LogP contribution >= 0.6 is 0 Å². The maximum Gasteiger partial charge on any atom is 0.296 e. The summed E-state index contributed by atoms with van der Waals surface area (Å²) in [7, 11) is -1.95. The summed E-state index contributed by atoms with van der Waals surface area (Å²) >= 11 is 0. The number of allylic oxidation sites excluding steroid dienone is 2. The minimum atomic E-state index is -3.83. The Hall–Kier alpha value is -1.66. The summed E-state index contributed by atoms with van der Waals surface area (Å²) in [5.74, 6) is -0.262. The number of amides is 1. The molecule has 0 saturated carbocycles. The van der Waals surface area contributed by atoms with E-state index in [0.717, 1.165) is 24.9 Å². The first-order valence-corrected chi connectivity index (χ1v) is 17.6. The van der Waals surface area contributed by atoms with E-state index in [1.165, 1.54) is 89.9 Å². The zero-order chi connectivity index (χ0) is 29.1. The summed E-state index contributed by atoms with van der Waals surface area (Å²) in [6.07, 6.45) is 26.7. The number of hydrogen-bond donors (Lipinski definition) is 0. The predicted octanol–water partition coefficient (Wildman–Crippen LogP) is 9.00. The van der Waals surface area contributed by atoms with E-state index in [1.54, 1.807) is 24.3 Å². The lowest BCUT2D eigenvalue weighted by Gasteiger charge is -2.30. The van der Waals surface area contributed by atoms with E-state index in [4.69, 9.17) is 4.18 Å². The Morgan fingerprint density at radius 3 is 1.77 bits per heavy atom. The zero-order valence-corrected chi connectivity index (χ0v) is 26.6. The Balaban J connectivity index is 1.55. The second-order valence-electron chi connectivity index (χ2n) is 11.9. The lowest BCUT2D eigenvalue weighted by Crippen LogP contribution is -2.39. The molecule has 228 valence electrons. The van der Waals surface area contributed by atoms with Gasteiger partial charge in [0.15, 0.2) is 0 Å². The summed E-state index contributed by atoms with van der Waals surface area (Å²) in [6.45, 7) is 4.98. The van der Waals surface area contributed by atoms with Crippen LogP contribution in [-0.4, -0.2) is 39.4 Å². The second-order valence-corrected chi connectivity index (χ2v) is 13.5. The van der Waals surface area contributed by atoms with Gasteiger partial charge in [0.25, 0.3) is 10.1 Å². The smallest absolute Gasteiger partial charge is 0.296 e. The fourth-order valence-corrected chi connectivity index (χ4v) is 6.56. The van der Waals surface area contributed by atoms with Crippen LogP contribution in [0.25, 0.3) is 0 Å². The van der Waals surface area contributed by atoms with Crippen molar-refractivity contribution in [2.75, 3.05) is 20.2 Å². The topological polar surface area (TPSA) is 63.7 Å². The van der Waals surface area contributed by atoms with Crippen LogP contribution in [0.1, 0.15) is 128 Å². The molecule has 2 atom stereocenters. The van der Waals surface area contributed by atoms with Gasteiger partial charge in [0.2, 0.25) is 5.91 Å². The van der Waals surface area contributed by atoms with E-state index in [9.17, 15) is 13.2 Å². The molecule has 5 nitrogen and oxygen atoms in total. The molecule has 0 fully saturated rings. The largest absolute Gasteiger partial charge is 0.346 e. The predicted molar refractivity (Wildman–Crippen MR) is 167 cm³/mol. The maximum absolute atomic E-state index is 13.2. The van der Waals surface area contributed by atoms with Gasteiger partial charge in [-0.05, 0) is 44.2 Å². The van der Waals surface area contributed by atoms with Crippen LogP contribution in [0.2, 0.25) is 0 Å². The minimum absolute atomic E-state index is 0.0316. The minimum Gasteiger partial charge on any atom is -0.346 e. The van der Waals surface area contributed by atoms with Crippen molar-refractivity contribution in [1.82, 2.24) is 4.90 Å². The quantitative estimate of drug-likeness (QED) is 0.0786. The van der Waals surface area contributed by atoms with Gasteiger partial charge in [-0.15, -0.1) is 0 Å². The third kappa shape index (κ3) is 13.8. The standard InChI is InChI=1S/C34H57NO4S/c1-4-5-6-7-8-9-10-11-12-13-14-15-16-17-18-21-28-35(3)34(36)33-23-20-19-22-31(33)29-39-40(37,38)32-26-24-30(2)25-27-32/h19-20,24-27,31,33H,4-18,21-23,28-29H2,1-3H3. The summed E-state index contributed by atoms with van der Waals surface area (Å²) in [4.78, 5) is 15.2. The third-order valence-electron chi connectivity index (χ3n) is 8.35. The third-order valence-corrected chi connectivity index (χ3v) is 9.65. The Morgan fingerprint density at radius 2 is 1.25 bits per heavy atom. The first-order valence-electron chi connectivity index (χ1n) is 16.2. The van der Waals surface area contributed by atoms with Gasteiger partial charge in [0.05, 0.1) is 11.5 Å². The van der Waals surface area contributed by atoms with Crippen molar-refractivity contribution in [3.05, 3.63) is 42.0 Å². The Bertz CT molecular complexity index is 941. The van der Waals surface area contributed by atoms with Crippen LogP contribution in [0.3, 0.4) is 0 Å². The maximum atomic E-state index is 13.2. The molecule has 1 aromatic carbocycles. The van der Waals surface area contributed by atoms with E-state index in [1.807, 2.05) is 31.0 Å². The second kappa shape index (κ2) is 20.3. The van der Waals surface area contributed by atoms with Crippen LogP contribution in [0, 0.1) is 18.8 Å². The molecule has 0 aromatic heterocycles. The Labute approximate surface area is 246 Å². The summed E-state index contributed by atoms with van der Waals surface area (Å²) < 4.78 is 30.7. The number of carbonyl (C=O) groups is 1. The van der Waals surface area contributed by atoms with Crippen molar-refractivity contribution in [3.63, 3.8) is 0 Å². The molecule has 0 heterocycles. The number of hydrogen-bond acceptors (Lipinski definition) is 4. The van der Waals surface area contributed by atoms with Crippen molar-refractivity contribution >= 4 is 16.0 Å². The molecule has 1 aliphatic rings. The molecule has 1 aromatic rings. The van der Waals surface area contributed by atoms with Crippen LogP contribution in [0.4, 0.5) is 0 Å². The van der Waals surface area contributed by atoms with Crippen LogP contribution in [-0.2, 0) is 19.1 Å². The molecule has 0 aliphatic heterocycles. The number of nitrogens with zero attached hydrogens (tertiary/aromatic N) is 1. The number of unbranched alkanes of at least 4 members (excludes halogenated alkanes) is 15. The van der Waals surface area contributed by atoms with Gasteiger partial charge in [-0.25, -0.2) is 0 Å². The normalized spacial score (nSPS) is 17.3. The summed E-state index contributed by atoms with van der Waals surface area (Å²) in [5.41, 5.74) is 0.995. The average molecular weight is 576 g/mol. The highest BCUT2D eigenvalue weighted by atomic mass is 32.2. The van der Waals surface area contributed by atoms with Crippen molar-refractivity contribution in [3.8, 4) is 0 Å². The Morgan fingerprint density at radius 1 is 0.775 bits per heavy atom. The fourth-order valence-electron chi connectivity index (χ4n) is 5.60. The highest BCUT2D eigenvalue weighted by Gasteiger charge is 2.32. The number of carbonyl (C=O) groups excluding carboxylic acids is 1. The molecule has 0 bridgehead atoms. The van der Waals surface area contributed by atoms with E-state index < -0.39 is 10.1 Å². The first-order chi connectivity index (χ1) is 19.3. The van der Waals surface area contributed by atoms with Gasteiger partial charge in [-0.1, -0.05) is 133 Å². The van der Waals surface area contributed by atoms with Crippen LogP contribution < -0.4 is 0 Å². The molecule has 2 unspecified atom stereocenters. The molecular formula is C34H57NO4S. The van der Waals surface area contributed by atoms with E-state index in [-0.39, 0.29) is 29.2 Å². The van der Waals surface area contributed by atoms with Gasteiger partial charge in [0, 0.05) is 19.5 Å². The lowest BCUT2D eigenvalue weighted by atomic mass is 9.82. The summed E-state index contributed by atoms with van der Waals surface area (Å²) in [6, 6.07) is 6.67. The van der Waals surface area contributed by atoms with Gasteiger partial charge in [0.1, 0.15) is 0 Å². The zero-order valence-electron chi connectivity index (χ0n) is 25.7. The monoisotopic (exact) mass is 575 g/mol. The van der Waals surface area contributed by atoms with E-state index >= 15 is 0 Å². The SMILES string of the molecule is CCCCCCCCCCCCCCCCCCN(C)C(=O)C1CC=CCC1COS(=O)(=O)c1ccc(C)cc1. The fraction of sp³-hybridized carbons (Fsp3) is 0.735. The molecule has 0 N–H and O–H groups in total. The molecule has 1 aliphatic carbocycles. The number of benzene rings is 1. The molecule has 0 radical (unpaired) electrons. The molecule has 0 saturated heterocycles. The van der Waals surface area contributed by atoms with E-state index in [0.29, 0.717) is 12.8 Å². The number of rotatable bonds is 22. The van der Waals surface area contributed by atoms with Crippen molar-refractivity contribution in [1.29, 1.82) is 0 Å². The molecule has 2 rings (SSSR count). The van der Waals surface area contributed by atoms with Crippen molar-refractivity contribution in [2.45, 2.75) is 134 Å². The first kappa shape index (κ1) is 34.5. The van der Waals surface area contributed by atoms with Gasteiger partial charge in [-0.2, -0.15) is 8.42 Å². The van der Waals surface area contributed by atoms with Gasteiger partial charge >= 0.3 is 0 Å². The molecule has 1 amide bonds. The van der Waals surface area contributed by atoms with Gasteiger partial charge < -0.3 is 4.90 Å². The molecule has 0 spiro atoms. The molecule has 6 heteroatoms. The van der Waals surface area contributed by atoms with Gasteiger partial charge in [-0.3, -0.25) is 8.98 Å². The Kier molecular flexibility index (Phi) is 17.5. The van der Waals surface area contributed by atoms with Crippen molar-refractivity contribution < 1.29 is 17.4 Å². The highest BCUT2D eigenvalue weighted by Crippen LogP contribution is 2.29. The highest BCUT2D eigenvalue weighted by molar-refractivity contribution is 7.86. The summed E-state index contributed by atoms with van der Waals surface area (Å²) in [5, 5.41) is 0. The van der Waals surface area contributed by atoms with Crippen LogP contribution in [0.5, 0.6) is 0 Å². The average Bonchev–Trinajstić information content (AvgIpc) is 2.95. The van der Waals surface area contributed by atoms with E-state index in [2.05, 4.69) is 6.92 Å². The number of aryl methyl sites for hydroxylation is 1. The van der Waals surface area contributed by atoms with Crippen LogP contribution in [0.15, 0.2) is 41.3 Å². The lowest BCUT2D eigenvalue weighted by molar-refractivity contribution is -0.136.